The predicted molar refractivity (Wildman–Crippen MR) is 116 cm³/mol. The van der Waals surface area contributed by atoms with Crippen LogP contribution < -0.4 is 10.6 Å². The summed E-state index contributed by atoms with van der Waals surface area (Å²) in [5, 5.41) is 5.83. The number of rotatable bonds is 5. The minimum Gasteiger partial charge on any atom is -0.331 e. The van der Waals surface area contributed by atoms with Crippen LogP contribution in [0.1, 0.15) is 24.1 Å². The first-order valence-electron chi connectivity index (χ1n) is 10.1. The second-order valence-corrected chi connectivity index (χ2v) is 7.95. The summed E-state index contributed by atoms with van der Waals surface area (Å²) in [6.07, 6.45) is -4.55. The van der Waals surface area contributed by atoms with E-state index >= 15 is 0 Å². The zero-order chi connectivity index (χ0) is 23.3. The Labute approximate surface area is 189 Å². The van der Waals surface area contributed by atoms with E-state index < -0.39 is 17.6 Å². The fourth-order valence-corrected chi connectivity index (χ4v) is 3.82. The number of alkyl halides is 3. The fourth-order valence-electron chi connectivity index (χ4n) is 3.52. The molecule has 0 radical (unpaired) electrons. The molecule has 172 valence electrons. The smallest absolute Gasteiger partial charge is 0.331 e. The number of anilines is 1. The summed E-state index contributed by atoms with van der Waals surface area (Å²) in [5.74, 6) is -0.535. The predicted octanol–water partition coefficient (Wildman–Crippen LogP) is 4.39. The van der Waals surface area contributed by atoms with Crippen LogP contribution in [0.5, 0.6) is 0 Å². The van der Waals surface area contributed by atoms with Gasteiger partial charge in [-0.3, -0.25) is 9.69 Å². The van der Waals surface area contributed by atoms with Crippen LogP contribution in [0, 0.1) is 0 Å². The normalized spacial score (nSPS) is 15.8. The van der Waals surface area contributed by atoms with Gasteiger partial charge in [-0.15, -0.1) is 0 Å². The second-order valence-electron chi connectivity index (χ2n) is 7.55. The molecule has 0 aliphatic carbocycles. The van der Waals surface area contributed by atoms with E-state index in [1.807, 2.05) is 25.1 Å². The highest BCUT2D eigenvalue weighted by Crippen LogP contribution is 2.34. The summed E-state index contributed by atoms with van der Waals surface area (Å²) in [6.45, 7) is 3.45. The van der Waals surface area contributed by atoms with Crippen molar-refractivity contribution in [3.63, 3.8) is 0 Å². The first-order chi connectivity index (χ1) is 15.1. The number of amides is 3. The molecule has 1 fully saturated rings. The lowest BCUT2D eigenvalue weighted by Crippen LogP contribution is -2.53. The minimum atomic E-state index is -4.55. The quantitative estimate of drug-likeness (QED) is 0.684. The third kappa shape index (κ3) is 6.14. The van der Waals surface area contributed by atoms with E-state index in [1.165, 1.54) is 18.2 Å². The summed E-state index contributed by atoms with van der Waals surface area (Å²) in [4.78, 5) is 28.3. The Balaban J connectivity index is 1.48. The Hall–Kier alpha value is -2.78. The van der Waals surface area contributed by atoms with Gasteiger partial charge in [0.15, 0.2) is 0 Å². The maximum absolute atomic E-state index is 13.1. The Bertz CT molecular complexity index is 962. The topological polar surface area (TPSA) is 64.7 Å². The number of urea groups is 1. The molecule has 1 unspecified atom stereocenters. The third-order valence-electron chi connectivity index (χ3n) is 5.24. The number of carbonyl (C=O) groups is 2. The number of nitrogens with one attached hydrogen (secondary N) is 2. The summed E-state index contributed by atoms with van der Waals surface area (Å²) >= 11 is 6.18. The van der Waals surface area contributed by atoms with Gasteiger partial charge >= 0.3 is 12.2 Å². The number of nitrogens with zero attached hydrogens (tertiary/aromatic N) is 2. The lowest BCUT2D eigenvalue weighted by Gasteiger charge is -2.35. The van der Waals surface area contributed by atoms with Gasteiger partial charge < -0.3 is 15.5 Å². The Kier molecular flexibility index (Phi) is 7.63. The van der Waals surface area contributed by atoms with Crippen molar-refractivity contribution in [2.24, 2.45) is 0 Å². The maximum atomic E-state index is 13.1. The van der Waals surface area contributed by atoms with Gasteiger partial charge in [0.2, 0.25) is 5.91 Å². The molecule has 1 aliphatic rings. The van der Waals surface area contributed by atoms with Crippen LogP contribution in [0.4, 0.5) is 23.7 Å². The maximum Gasteiger partial charge on any atom is 0.418 e. The number of hydrogen-bond donors (Lipinski definition) is 2. The molecular formula is C22H24ClF3N4O2. The zero-order valence-corrected chi connectivity index (χ0v) is 18.2. The number of carbonyl (C=O) groups excluding carboxylic acids is 2. The third-order valence-corrected chi connectivity index (χ3v) is 5.59. The largest absolute Gasteiger partial charge is 0.418 e. The summed E-state index contributed by atoms with van der Waals surface area (Å²) in [7, 11) is 0. The van der Waals surface area contributed by atoms with Gasteiger partial charge in [0.1, 0.15) is 0 Å². The summed E-state index contributed by atoms with van der Waals surface area (Å²) in [5.41, 5.74) is -0.337. The van der Waals surface area contributed by atoms with Gasteiger partial charge in [0.25, 0.3) is 0 Å². The molecule has 3 amide bonds. The minimum absolute atomic E-state index is 0.0579. The van der Waals surface area contributed by atoms with E-state index in [-0.39, 0.29) is 24.3 Å². The SMILES string of the molecule is CC(NC(=O)N1CCN(CC(=O)Nc2ccccc2C(F)(F)F)CC1)c1ccccc1Cl. The van der Waals surface area contributed by atoms with E-state index in [1.54, 1.807) is 15.9 Å². The molecule has 0 spiro atoms. The fraction of sp³-hybridized carbons (Fsp3) is 0.364. The monoisotopic (exact) mass is 468 g/mol. The van der Waals surface area contributed by atoms with Gasteiger partial charge in [0.05, 0.1) is 23.8 Å². The molecule has 0 aromatic heterocycles. The molecule has 2 aromatic carbocycles. The number of para-hydroxylation sites is 1. The Morgan fingerprint density at radius 2 is 1.66 bits per heavy atom. The second kappa shape index (κ2) is 10.2. The van der Waals surface area contributed by atoms with Crippen LogP contribution in [0.25, 0.3) is 0 Å². The van der Waals surface area contributed by atoms with Crippen LogP contribution in [0.15, 0.2) is 48.5 Å². The first kappa shape index (κ1) is 23.9. The standard InChI is InChI=1S/C22H24ClF3N4O2/c1-15(16-6-2-4-8-18(16)23)27-21(32)30-12-10-29(11-13-30)14-20(31)28-19-9-5-3-7-17(19)22(24,25)26/h2-9,15H,10-14H2,1H3,(H,27,32)(H,28,31). The summed E-state index contributed by atoms with van der Waals surface area (Å²) in [6, 6.07) is 11.6. The molecule has 0 saturated carbocycles. The van der Waals surface area contributed by atoms with Crippen molar-refractivity contribution in [3.05, 3.63) is 64.7 Å². The molecule has 0 bridgehead atoms. The molecular weight excluding hydrogens is 445 g/mol. The highest BCUT2D eigenvalue weighted by atomic mass is 35.5. The van der Waals surface area contributed by atoms with Crippen LogP contribution in [0.2, 0.25) is 5.02 Å². The van der Waals surface area contributed by atoms with E-state index in [0.717, 1.165) is 11.6 Å². The molecule has 1 saturated heterocycles. The molecule has 2 aromatic rings. The Morgan fingerprint density at radius 1 is 1.03 bits per heavy atom. The van der Waals surface area contributed by atoms with Crippen molar-refractivity contribution in [1.29, 1.82) is 0 Å². The molecule has 32 heavy (non-hydrogen) atoms. The number of piperazine rings is 1. The van der Waals surface area contributed by atoms with Gasteiger partial charge in [-0.1, -0.05) is 41.9 Å². The number of benzene rings is 2. The van der Waals surface area contributed by atoms with Crippen molar-refractivity contribution >= 4 is 29.2 Å². The average molecular weight is 469 g/mol. The molecule has 6 nitrogen and oxygen atoms in total. The molecule has 1 aliphatic heterocycles. The average Bonchev–Trinajstić information content (AvgIpc) is 2.74. The lowest BCUT2D eigenvalue weighted by molar-refractivity contribution is -0.137. The summed E-state index contributed by atoms with van der Waals surface area (Å²) < 4.78 is 39.3. The molecule has 2 N–H and O–H groups in total. The number of hydrogen-bond acceptors (Lipinski definition) is 3. The molecule has 1 heterocycles. The van der Waals surface area contributed by atoms with Crippen molar-refractivity contribution in [1.82, 2.24) is 15.1 Å². The van der Waals surface area contributed by atoms with Crippen LogP contribution in [-0.2, 0) is 11.0 Å². The van der Waals surface area contributed by atoms with E-state index in [4.69, 9.17) is 11.6 Å². The van der Waals surface area contributed by atoms with Crippen LogP contribution in [0.3, 0.4) is 0 Å². The van der Waals surface area contributed by atoms with Crippen molar-refractivity contribution in [2.75, 3.05) is 38.0 Å². The van der Waals surface area contributed by atoms with Gasteiger partial charge in [0, 0.05) is 31.2 Å². The van der Waals surface area contributed by atoms with E-state index in [9.17, 15) is 22.8 Å². The van der Waals surface area contributed by atoms with E-state index in [0.29, 0.717) is 31.2 Å². The molecule has 10 heteroatoms. The highest BCUT2D eigenvalue weighted by molar-refractivity contribution is 6.31. The van der Waals surface area contributed by atoms with Gasteiger partial charge in [-0.2, -0.15) is 13.2 Å². The zero-order valence-electron chi connectivity index (χ0n) is 17.5. The van der Waals surface area contributed by atoms with Crippen molar-refractivity contribution < 1.29 is 22.8 Å². The molecule has 1 atom stereocenters. The van der Waals surface area contributed by atoms with Crippen LogP contribution >= 0.6 is 11.6 Å². The highest BCUT2D eigenvalue weighted by Gasteiger charge is 2.33. The van der Waals surface area contributed by atoms with Gasteiger partial charge in [-0.05, 0) is 30.7 Å². The van der Waals surface area contributed by atoms with Crippen molar-refractivity contribution in [3.8, 4) is 0 Å². The van der Waals surface area contributed by atoms with Crippen LogP contribution in [-0.4, -0.2) is 54.5 Å². The van der Waals surface area contributed by atoms with E-state index in [2.05, 4.69) is 10.6 Å². The van der Waals surface area contributed by atoms with Crippen molar-refractivity contribution in [2.45, 2.75) is 19.1 Å². The molecule has 3 rings (SSSR count). The number of halogens is 4. The first-order valence-corrected chi connectivity index (χ1v) is 10.5. The lowest BCUT2D eigenvalue weighted by atomic mass is 10.1. The van der Waals surface area contributed by atoms with Gasteiger partial charge in [-0.25, -0.2) is 4.79 Å². The Morgan fingerprint density at radius 3 is 2.31 bits per heavy atom.